The third-order valence-corrected chi connectivity index (χ3v) is 4.76. The van der Waals surface area contributed by atoms with Gasteiger partial charge in [0.15, 0.2) is 5.65 Å². The SMILES string of the molecule is CCC(=O)N(C)c1ccc2nc(CCC(=O)NC)c(=O)n(C(COC)COC)c2n1. The number of methoxy groups -OCH3 is 2. The van der Waals surface area contributed by atoms with Gasteiger partial charge in [0.1, 0.15) is 17.0 Å². The molecule has 0 saturated heterocycles. The molecule has 2 aromatic rings. The molecular formula is C20H29N5O5. The van der Waals surface area contributed by atoms with E-state index >= 15 is 0 Å². The van der Waals surface area contributed by atoms with Gasteiger partial charge in [-0.1, -0.05) is 6.92 Å². The molecule has 10 nitrogen and oxygen atoms in total. The van der Waals surface area contributed by atoms with E-state index in [4.69, 9.17) is 9.47 Å². The Hall–Kier alpha value is -2.85. The van der Waals surface area contributed by atoms with Crippen molar-refractivity contribution < 1.29 is 19.1 Å². The molecule has 2 rings (SSSR count). The maximum absolute atomic E-state index is 13.3. The summed E-state index contributed by atoms with van der Waals surface area (Å²) in [7, 11) is 6.25. The van der Waals surface area contributed by atoms with Crippen LogP contribution in [0.5, 0.6) is 0 Å². The molecule has 0 radical (unpaired) electrons. The lowest BCUT2D eigenvalue weighted by molar-refractivity contribution is -0.120. The molecule has 0 aromatic carbocycles. The number of fused-ring (bicyclic) bond motifs is 1. The highest BCUT2D eigenvalue weighted by Gasteiger charge is 2.22. The summed E-state index contributed by atoms with van der Waals surface area (Å²) >= 11 is 0. The van der Waals surface area contributed by atoms with E-state index in [1.807, 2.05) is 0 Å². The van der Waals surface area contributed by atoms with E-state index in [1.54, 1.807) is 33.2 Å². The van der Waals surface area contributed by atoms with Gasteiger partial charge in [-0.25, -0.2) is 9.97 Å². The Kier molecular flexibility index (Phi) is 8.43. The van der Waals surface area contributed by atoms with Crippen molar-refractivity contribution in [3.05, 3.63) is 28.2 Å². The van der Waals surface area contributed by atoms with Crippen molar-refractivity contribution in [2.45, 2.75) is 32.2 Å². The monoisotopic (exact) mass is 419 g/mol. The molecule has 0 spiro atoms. The van der Waals surface area contributed by atoms with E-state index < -0.39 is 6.04 Å². The minimum atomic E-state index is -0.452. The van der Waals surface area contributed by atoms with Crippen LogP contribution < -0.4 is 15.8 Å². The van der Waals surface area contributed by atoms with Crippen LogP contribution in [0.25, 0.3) is 11.2 Å². The zero-order valence-corrected chi connectivity index (χ0v) is 18.1. The second-order valence-corrected chi connectivity index (χ2v) is 6.79. The Morgan fingerprint density at radius 1 is 1.20 bits per heavy atom. The topological polar surface area (TPSA) is 116 Å². The molecular weight excluding hydrogens is 390 g/mol. The summed E-state index contributed by atoms with van der Waals surface area (Å²) in [6, 6.07) is 2.95. The first kappa shape index (κ1) is 23.4. The molecule has 2 heterocycles. The number of amides is 2. The number of ether oxygens (including phenoxy) is 2. The quantitative estimate of drug-likeness (QED) is 0.602. The van der Waals surface area contributed by atoms with Crippen molar-refractivity contribution in [2.24, 2.45) is 0 Å². The van der Waals surface area contributed by atoms with Gasteiger partial charge in [0.05, 0.1) is 19.3 Å². The molecule has 30 heavy (non-hydrogen) atoms. The third kappa shape index (κ3) is 5.19. The maximum atomic E-state index is 13.3. The summed E-state index contributed by atoms with van der Waals surface area (Å²) in [5.74, 6) is 0.133. The predicted octanol–water partition coefficient (Wildman–Crippen LogP) is 0.677. The van der Waals surface area contributed by atoms with E-state index in [1.165, 1.54) is 23.7 Å². The van der Waals surface area contributed by atoms with Crippen molar-refractivity contribution in [3.8, 4) is 0 Å². The summed E-state index contributed by atoms with van der Waals surface area (Å²) in [6.07, 6.45) is 0.662. The molecule has 0 saturated carbocycles. The highest BCUT2D eigenvalue weighted by atomic mass is 16.5. The Morgan fingerprint density at radius 3 is 2.43 bits per heavy atom. The van der Waals surface area contributed by atoms with E-state index in [0.29, 0.717) is 23.4 Å². The lowest BCUT2D eigenvalue weighted by atomic mass is 10.2. The Labute approximate surface area is 175 Å². The largest absolute Gasteiger partial charge is 0.382 e. The number of pyridine rings is 1. The number of carbonyl (C=O) groups excluding carboxylic acids is 2. The highest BCUT2D eigenvalue weighted by molar-refractivity contribution is 5.92. The van der Waals surface area contributed by atoms with Crippen molar-refractivity contribution >= 4 is 28.8 Å². The Balaban J connectivity index is 2.68. The number of hydrogen-bond acceptors (Lipinski definition) is 7. The van der Waals surface area contributed by atoms with Crippen LogP contribution in [0.3, 0.4) is 0 Å². The van der Waals surface area contributed by atoms with E-state index in [-0.39, 0.29) is 49.1 Å². The maximum Gasteiger partial charge on any atom is 0.274 e. The molecule has 0 aliphatic carbocycles. The number of nitrogens with one attached hydrogen (secondary N) is 1. The van der Waals surface area contributed by atoms with Gasteiger partial charge in [-0.2, -0.15) is 0 Å². The summed E-state index contributed by atoms with van der Waals surface area (Å²) in [5, 5.41) is 2.54. The van der Waals surface area contributed by atoms with Crippen LogP contribution in [0.15, 0.2) is 16.9 Å². The first-order chi connectivity index (χ1) is 14.4. The van der Waals surface area contributed by atoms with Gasteiger partial charge in [-0.15, -0.1) is 0 Å². The van der Waals surface area contributed by atoms with Crippen molar-refractivity contribution in [1.82, 2.24) is 19.9 Å². The van der Waals surface area contributed by atoms with Crippen molar-refractivity contribution in [1.29, 1.82) is 0 Å². The number of anilines is 1. The molecule has 1 N–H and O–H groups in total. The van der Waals surface area contributed by atoms with Crippen molar-refractivity contribution in [3.63, 3.8) is 0 Å². The number of aryl methyl sites for hydroxylation is 1. The third-order valence-electron chi connectivity index (χ3n) is 4.76. The van der Waals surface area contributed by atoms with Crippen LogP contribution in [0.4, 0.5) is 5.82 Å². The lowest BCUT2D eigenvalue weighted by Crippen LogP contribution is -2.35. The highest BCUT2D eigenvalue weighted by Crippen LogP contribution is 2.19. The smallest absolute Gasteiger partial charge is 0.274 e. The normalized spacial score (nSPS) is 11.1. The molecule has 0 fully saturated rings. The van der Waals surface area contributed by atoms with Crippen LogP contribution in [0, 0.1) is 0 Å². The Bertz CT molecular complexity index is 952. The van der Waals surface area contributed by atoms with Crippen LogP contribution in [-0.2, 0) is 25.5 Å². The number of carbonyl (C=O) groups is 2. The molecule has 10 heteroatoms. The summed E-state index contributed by atoms with van der Waals surface area (Å²) < 4.78 is 12.1. The second-order valence-electron chi connectivity index (χ2n) is 6.79. The molecule has 0 unspecified atom stereocenters. The number of rotatable bonds is 10. The fourth-order valence-corrected chi connectivity index (χ4v) is 3.12. The van der Waals surface area contributed by atoms with Gasteiger partial charge in [0.2, 0.25) is 11.8 Å². The Morgan fingerprint density at radius 2 is 1.87 bits per heavy atom. The average Bonchev–Trinajstić information content (AvgIpc) is 2.76. The zero-order valence-electron chi connectivity index (χ0n) is 18.1. The fourth-order valence-electron chi connectivity index (χ4n) is 3.12. The summed E-state index contributed by atoms with van der Waals surface area (Å²) in [4.78, 5) is 47.5. The first-order valence-corrected chi connectivity index (χ1v) is 9.75. The zero-order chi connectivity index (χ0) is 22.3. The minimum absolute atomic E-state index is 0.101. The standard InChI is InChI=1S/C20H29N5O5/c1-6-18(27)24(3)16-9-7-14-19(23-16)25(13(11-29-4)12-30-5)20(28)15(22-14)8-10-17(26)21-2/h7,9,13H,6,8,10-12H2,1-5H3,(H,21,26). The molecule has 2 amide bonds. The van der Waals surface area contributed by atoms with Gasteiger partial charge in [0.25, 0.3) is 5.56 Å². The van der Waals surface area contributed by atoms with Crippen LogP contribution >= 0.6 is 0 Å². The molecule has 164 valence electrons. The van der Waals surface area contributed by atoms with Gasteiger partial charge in [0, 0.05) is 47.6 Å². The lowest BCUT2D eigenvalue weighted by Gasteiger charge is -2.22. The van der Waals surface area contributed by atoms with Crippen LogP contribution in [0.2, 0.25) is 0 Å². The van der Waals surface area contributed by atoms with Gasteiger partial charge < -0.3 is 14.8 Å². The van der Waals surface area contributed by atoms with Crippen LogP contribution in [-0.4, -0.2) is 67.9 Å². The summed E-state index contributed by atoms with van der Waals surface area (Å²) in [6.45, 7) is 2.21. The van der Waals surface area contributed by atoms with Gasteiger partial charge in [-0.05, 0) is 12.1 Å². The number of nitrogens with zero attached hydrogens (tertiary/aromatic N) is 4. The molecule has 0 aliphatic heterocycles. The van der Waals surface area contributed by atoms with E-state index in [9.17, 15) is 14.4 Å². The van der Waals surface area contributed by atoms with Gasteiger partial charge in [-0.3, -0.25) is 23.9 Å². The number of aromatic nitrogens is 3. The molecule has 0 atom stereocenters. The van der Waals surface area contributed by atoms with Crippen LogP contribution in [0.1, 0.15) is 31.5 Å². The molecule has 0 bridgehead atoms. The van der Waals surface area contributed by atoms with E-state index in [0.717, 1.165) is 0 Å². The molecule has 0 aliphatic rings. The number of hydrogen-bond donors (Lipinski definition) is 1. The first-order valence-electron chi connectivity index (χ1n) is 9.75. The fraction of sp³-hybridized carbons (Fsp3) is 0.550. The predicted molar refractivity (Wildman–Crippen MR) is 113 cm³/mol. The van der Waals surface area contributed by atoms with E-state index in [2.05, 4.69) is 15.3 Å². The minimum Gasteiger partial charge on any atom is -0.382 e. The van der Waals surface area contributed by atoms with Crippen molar-refractivity contribution in [2.75, 3.05) is 46.4 Å². The summed E-state index contributed by atoms with van der Waals surface area (Å²) in [5.41, 5.74) is 0.714. The second kappa shape index (κ2) is 10.8. The molecule has 2 aromatic heterocycles. The van der Waals surface area contributed by atoms with Gasteiger partial charge >= 0.3 is 0 Å². The average molecular weight is 419 g/mol.